The van der Waals surface area contributed by atoms with Gasteiger partial charge in [0, 0.05) is 17.4 Å². The minimum absolute atomic E-state index is 0.0502. The highest BCUT2D eigenvalue weighted by Crippen LogP contribution is 2.20. The molecule has 1 aromatic heterocycles. The molecule has 2 aromatic carbocycles. The molecule has 0 spiro atoms. The van der Waals surface area contributed by atoms with E-state index in [1.165, 1.54) is 5.56 Å². The van der Waals surface area contributed by atoms with Crippen molar-refractivity contribution in [3.05, 3.63) is 89.7 Å². The van der Waals surface area contributed by atoms with Gasteiger partial charge in [-0.05, 0) is 59.9 Å². The summed E-state index contributed by atoms with van der Waals surface area (Å²) < 4.78 is 5.62. The van der Waals surface area contributed by atoms with Crippen LogP contribution in [0.5, 0.6) is 5.75 Å². The van der Waals surface area contributed by atoms with Crippen molar-refractivity contribution in [2.24, 2.45) is 0 Å². The second-order valence-corrected chi connectivity index (χ2v) is 6.61. The molecule has 0 saturated heterocycles. The minimum Gasteiger partial charge on any atom is -0.484 e. The number of carbonyl (C=O) groups is 1. The number of hydrogen-bond acceptors (Lipinski definition) is 3. The Balaban J connectivity index is 1.59. The molecule has 28 heavy (non-hydrogen) atoms. The van der Waals surface area contributed by atoms with Crippen molar-refractivity contribution < 1.29 is 9.53 Å². The number of anilines is 1. The summed E-state index contributed by atoms with van der Waals surface area (Å²) in [4.78, 5) is 16.4. The van der Waals surface area contributed by atoms with Crippen LogP contribution in [0.4, 0.5) is 5.69 Å². The molecule has 140 valence electrons. The van der Waals surface area contributed by atoms with Gasteiger partial charge in [0.1, 0.15) is 11.4 Å². The maximum absolute atomic E-state index is 12.2. The molecule has 1 amide bonds. The Hall–Kier alpha value is -3.58. The van der Waals surface area contributed by atoms with Crippen molar-refractivity contribution in [3.8, 4) is 17.6 Å². The molecule has 0 fully saturated rings. The smallest absolute Gasteiger partial charge is 0.262 e. The number of hydrogen-bond donors (Lipinski definition) is 1. The SMILES string of the molecule is CC(C)c1cccc(OCC(=O)Nc2cccc(C#Cc3ccccn3)c2)c1. The van der Waals surface area contributed by atoms with E-state index in [1.807, 2.05) is 60.7 Å². The van der Waals surface area contributed by atoms with Crippen molar-refractivity contribution in [3.63, 3.8) is 0 Å². The fraction of sp³-hybridized carbons (Fsp3) is 0.167. The first-order chi connectivity index (χ1) is 13.6. The lowest BCUT2D eigenvalue weighted by atomic mass is 10.0. The molecule has 0 bridgehead atoms. The van der Waals surface area contributed by atoms with Crippen LogP contribution in [0.1, 0.15) is 36.6 Å². The van der Waals surface area contributed by atoms with Crippen molar-refractivity contribution in [2.75, 3.05) is 11.9 Å². The van der Waals surface area contributed by atoms with Crippen molar-refractivity contribution in [1.82, 2.24) is 4.98 Å². The zero-order valence-corrected chi connectivity index (χ0v) is 16.0. The average Bonchev–Trinajstić information content (AvgIpc) is 2.72. The topological polar surface area (TPSA) is 51.2 Å². The van der Waals surface area contributed by atoms with Crippen LogP contribution in [0.2, 0.25) is 0 Å². The van der Waals surface area contributed by atoms with Gasteiger partial charge in [-0.15, -0.1) is 0 Å². The molecular formula is C24H22N2O2. The second-order valence-electron chi connectivity index (χ2n) is 6.61. The van der Waals surface area contributed by atoms with Crippen LogP contribution < -0.4 is 10.1 Å². The number of pyridine rings is 1. The standard InChI is InChI=1S/C24H22N2O2/c1-18(2)20-8-6-11-23(16-20)28-17-24(27)26-22-10-5-7-19(15-22)12-13-21-9-3-4-14-25-21/h3-11,14-16,18H,17H2,1-2H3,(H,26,27). The Kier molecular flexibility index (Phi) is 6.43. The van der Waals surface area contributed by atoms with Gasteiger partial charge in [0.25, 0.3) is 5.91 Å². The molecule has 3 aromatic rings. The molecule has 3 rings (SSSR count). The Morgan fingerprint density at radius 1 is 1.04 bits per heavy atom. The number of amides is 1. The van der Waals surface area contributed by atoms with Crippen LogP contribution >= 0.6 is 0 Å². The van der Waals surface area contributed by atoms with Crippen molar-refractivity contribution >= 4 is 11.6 Å². The van der Waals surface area contributed by atoms with Crippen LogP contribution in [-0.4, -0.2) is 17.5 Å². The van der Waals surface area contributed by atoms with Crippen LogP contribution in [0.15, 0.2) is 72.9 Å². The summed E-state index contributed by atoms with van der Waals surface area (Å²) >= 11 is 0. The van der Waals surface area contributed by atoms with Gasteiger partial charge in [-0.25, -0.2) is 4.98 Å². The van der Waals surface area contributed by atoms with Crippen LogP contribution in [0.3, 0.4) is 0 Å². The van der Waals surface area contributed by atoms with E-state index in [0.29, 0.717) is 23.0 Å². The predicted molar refractivity (Wildman–Crippen MR) is 111 cm³/mol. The van der Waals surface area contributed by atoms with E-state index in [2.05, 4.69) is 42.1 Å². The Morgan fingerprint density at radius 2 is 1.89 bits per heavy atom. The van der Waals surface area contributed by atoms with Gasteiger partial charge >= 0.3 is 0 Å². The first kappa shape index (κ1) is 19.2. The van der Waals surface area contributed by atoms with E-state index in [-0.39, 0.29) is 12.5 Å². The number of nitrogens with one attached hydrogen (secondary N) is 1. The highest BCUT2D eigenvalue weighted by molar-refractivity contribution is 5.92. The fourth-order valence-corrected chi connectivity index (χ4v) is 2.56. The van der Waals surface area contributed by atoms with Crippen molar-refractivity contribution in [2.45, 2.75) is 19.8 Å². The summed E-state index contributed by atoms with van der Waals surface area (Å²) in [7, 11) is 0. The number of ether oxygens (including phenoxy) is 1. The molecule has 1 heterocycles. The number of carbonyl (C=O) groups excluding carboxylic acids is 1. The molecule has 0 aliphatic rings. The van der Waals surface area contributed by atoms with Crippen LogP contribution in [-0.2, 0) is 4.79 Å². The first-order valence-corrected chi connectivity index (χ1v) is 9.16. The molecule has 0 aliphatic carbocycles. The zero-order valence-electron chi connectivity index (χ0n) is 16.0. The molecule has 1 N–H and O–H groups in total. The number of benzene rings is 2. The molecule has 0 aliphatic heterocycles. The number of aromatic nitrogens is 1. The van der Waals surface area contributed by atoms with E-state index < -0.39 is 0 Å². The quantitative estimate of drug-likeness (QED) is 0.667. The van der Waals surface area contributed by atoms with E-state index in [4.69, 9.17) is 4.74 Å². The lowest BCUT2D eigenvalue weighted by Gasteiger charge is -2.10. The molecular weight excluding hydrogens is 348 g/mol. The number of nitrogens with zero attached hydrogens (tertiary/aromatic N) is 1. The van der Waals surface area contributed by atoms with E-state index in [0.717, 1.165) is 5.56 Å². The maximum atomic E-state index is 12.2. The largest absolute Gasteiger partial charge is 0.484 e. The fourth-order valence-electron chi connectivity index (χ4n) is 2.56. The summed E-state index contributed by atoms with van der Waals surface area (Å²) in [5.74, 6) is 6.94. The highest BCUT2D eigenvalue weighted by atomic mass is 16.5. The number of rotatable bonds is 5. The van der Waals surface area contributed by atoms with Gasteiger partial charge in [-0.3, -0.25) is 4.79 Å². The van der Waals surface area contributed by atoms with Gasteiger partial charge in [0.15, 0.2) is 6.61 Å². The molecule has 0 atom stereocenters. The third-order valence-corrected chi connectivity index (χ3v) is 4.04. The Morgan fingerprint density at radius 3 is 2.68 bits per heavy atom. The molecule has 0 saturated carbocycles. The van der Waals surface area contributed by atoms with Gasteiger partial charge in [-0.2, -0.15) is 0 Å². The zero-order chi connectivity index (χ0) is 19.8. The van der Waals surface area contributed by atoms with Crippen LogP contribution in [0.25, 0.3) is 0 Å². The van der Waals surface area contributed by atoms with Gasteiger partial charge in [0.2, 0.25) is 0 Å². The normalized spacial score (nSPS) is 10.1. The van der Waals surface area contributed by atoms with Gasteiger partial charge in [-0.1, -0.05) is 44.0 Å². The molecule has 0 radical (unpaired) electrons. The second kappa shape index (κ2) is 9.38. The van der Waals surface area contributed by atoms with E-state index >= 15 is 0 Å². The van der Waals surface area contributed by atoms with Crippen molar-refractivity contribution in [1.29, 1.82) is 0 Å². The average molecular weight is 370 g/mol. The summed E-state index contributed by atoms with van der Waals surface area (Å²) in [5.41, 5.74) is 3.36. The monoisotopic (exact) mass is 370 g/mol. The molecule has 4 heteroatoms. The predicted octanol–water partition coefficient (Wildman–Crippen LogP) is 4.62. The minimum atomic E-state index is -0.218. The summed E-state index contributed by atoms with van der Waals surface area (Å²) in [5, 5.41) is 2.84. The van der Waals surface area contributed by atoms with Crippen LogP contribution in [0, 0.1) is 11.8 Å². The van der Waals surface area contributed by atoms with Gasteiger partial charge in [0.05, 0.1) is 0 Å². The third kappa shape index (κ3) is 5.72. The lowest BCUT2D eigenvalue weighted by molar-refractivity contribution is -0.118. The van der Waals surface area contributed by atoms with E-state index in [9.17, 15) is 4.79 Å². The summed E-state index contributed by atoms with van der Waals surface area (Å²) in [6.07, 6.45) is 1.71. The molecule has 0 unspecified atom stereocenters. The Labute approximate surface area is 165 Å². The Bertz CT molecular complexity index is 1000. The lowest BCUT2D eigenvalue weighted by Crippen LogP contribution is -2.20. The van der Waals surface area contributed by atoms with Gasteiger partial charge < -0.3 is 10.1 Å². The maximum Gasteiger partial charge on any atom is 0.262 e. The summed E-state index contributed by atoms with van der Waals surface area (Å²) in [6.45, 7) is 4.19. The third-order valence-electron chi connectivity index (χ3n) is 4.04. The first-order valence-electron chi connectivity index (χ1n) is 9.16. The summed E-state index contributed by atoms with van der Waals surface area (Å²) in [6, 6.07) is 20.8. The highest BCUT2D eigenvalue weighted by Gasteiger charge is 2.06. The molecule has 4 nitrogen and oxygen atoms in total. The van der Waals surface area contributed by atoms with E-state index in [1.54, 1.807) is 6.20 Å².